The van der Waals surface area contributed by atoms with Crippen molar-refractivity contribution in [2.45, 2.75) is 33.1 Å². The molecule has 104 valence electrons. The number of amides is 1. The Morgan fingerprint density at radius 2 is 1.95 bits per heavy atom. The van der Waals surface area contributed by atoms with Gasteiger partial charge < -0.3 is 5.32 Å². The van der Waals surface area contributed by atoms with Gasteiger partial charge in [0, 0.05) is 17.8 Å². The molecule has 0 bridgehead atoms. The Balaban J connectivity index is 2.84. The van der Waals surface area contributed by atoms with Gasteiger partial charge in [0.15, 0.2) is 0 Å². The van der Waals surface area contributed by atoms with Gasteiger partial charge in [0.1, 0.15) is 5.69 Å². The third kappa shape index (κ3) is 4.63. The Hall–Kier alpha value is -1.43. The van der Waals surface area contributed by atoms with Crippen LogP contribution in [0.3, 0.4) is 0 Å². The molecule has 0 aromatic heterocycles. The van der Waals surface area contributed by atoms with E-state index in [1.165, 1.54) is 6.07 Å². The average Bonchev–Trinajstić information content (AvgIpc) is 2.33. The van der Waals surface area contributed by atoms with Crippen LogP contribution in [0.4, 0.5) is 11.4 Å². The van der Waals surface area contributed by atoms with Gasteiger partial charge in [-0.1, -0.05) is 15.9 Å². The summed E-state index contributed by atoms with van der Waals surface area (Å²) in [5.41, 5.74) is 1.97. The second-order valence-corrected chi connectivity index (χ2v) is 5.20. The molecule has 1 N–H and O–H groups in total. The van der Waals surface area contributed by atoms with E-state index in [4.69, 9.17) is 0 Å². The van der Waals surface area contributed by atoms with Crippen LogP contribution in [0.5, 0.6) is 0 Å². The number of aryl methyl sites for hydroxylation is 2. The molecule has 1 rings (SSSR count). The Morgan fingerprint density at radius 1 is 1.32 bits per heavy atom. The number of hydrogen-bond acceptors (Lipinski definition) is 3. The van der Waals surface area contributed by atoms with Crippen molar-refractivity contribution < 1.29 is 9.72 Å². The number of hydrogen-bond donors (Lipinski definition) is 1. The summed E-state index contributed by atoms with van der Waals surface area (Å²) < 4.78 is 0. The van der Waals surface area contributed by atoms with E-state index in [0.717, 1.165) is 29.3 Å². The van der Waals surface area contributed by atoms with Gasteiger partial charge in [-0.15, -0.1) is 0 Å². The van der Waals surface area contributed by atoms with Crippen LogP contribution in [-0.4, -0.2) is 16.2 Å². The van der Waals surface area contributed by atoms with E-state index in [9.17, 15) is 14.9 Å². The summed E-state index contributed by atoms with van der Waals surface area (Å²) in [7, 11) is 0. The zero-order valence-electron chi connectivity index (χ0n) is 11.0. The lowest BCUT2D eigenvalue weighted by atomic mass is 10.1. The third-order valence-corrected chi connectivity index (χ3v) is 3.43. The summed E-state index contributed by atoms with van der Waals surface area (Å²) >= 11 is 3.29. The van der Waals surface area contributed by atoms with Crippen LogP contribution >= 0.6 is 15.9 Å². The molecule has 0 aliphatic heterocycles. The summed E-state index contributed by atoms with van der Waals surface area (Å²) in [6.07, 6.45) is 2.04. The number of halogens is 1. The molecule has 0 atom stereocenters. The van der Waals surface area contributed by atoms with Gasteiger partial charge in [-0.05, 0) is 43.9 Å². The maximum atomic E-state index is 11.7. The number of benzene rings is 1. The van der Waals surface area contributed by atoms with Crippen molar-refractivity contribution in [1.82, 2.24) is 0 Å². The lowest BCUT2D eigenvalue weighted by molar-refractivity contribution is -0.384. The van der Waals surface area contributed by atoms with Crippen LogP contribution in [0.15, 0.2) is 12.1 Å². The lowest BCUT2D eigenvalue weighted by Gasteiger charge is -2.08. The summed E-state index contributed by atoms with van der Waals surface area (Å²) in [4.78, 5) is 22.2. The molecule has 6 heteroatoms. The normalized spacial score (nSPS) is 10.3. The predicted octanol–water partition coefficient (Wildman–Crippen LogP) is 3.72. The van der Waals surface area contributed by atoms with Crippen molar-refractivity contribution in [3.05, 3.63) is 33.4 Å². The predicted molar refractivity (Wildman–Crippen MR) is 78.8 cm³/mol. The van der Waals surface area contributed by atoms with Crippen molar-refractivity contribution in [1.29, 1.82) is 0 Å². The van der Waals surface area contributed by atoms with Crippen molar-refractivity contribution in [3.8, 4) is 0 Å². The molecule has 1 amide bonds. The Bertz CT molecular complexity index is 489. The monoisotopic (exact) mass is 328 g/mol. The number of carbonyl (C=O) groups excluding carboxylic acids is 1. The van der Waals surface area contributed by atoms with E-state index in [-0.39, 0.29) is 17.3 Å². The molecule has 0 saturated heterocycles. The summed E-state index contributed by atoms with van der Waals surface area (Å²) in [6, 6.07) is 3.14. The number of nitrogens with zero attached hydrogens (tertiary/aromatic N) is 1. The van der Waals surface area contributed by atoms with Gasteiger partial charge in [0.2, 0.25) is 5.91 Å². The number of alkyl halides is 1. The van der Waals surface area contributed by atoms with Gasteiger partial charge in [-0.3, -0.25) is 14.9 Å². The van der Waals surface area contributed by atoms with Crippen LogP contribution in [0.1, 0.15) is 30.4 Å². The smallest absolute Gasteiger partial charge is 0.293 e. The topological polar surface area (TPSA) is 72.2 Å². The van der Waals surface area contributed by atoms with E-state index >= 15 is 0 Å². The minimum absolute atomic E-state index is 0.0584. The van der Waals surface area contributed by atoms with E-state index < -0.39 is 4.92 Å². The number of anilines is 1. The van der Waals surface area contributed by atoms with Crippen molar-refractivity contribution in [2.24, 2.45) is 0 Å². The highest BCUT2D eigenvalue weighted by molar-refractivity contribution is 9.09. The molecule has 1 aromatic rings. The summed E-state index contributed by atoms with van der Waals surface area (Å²) in [5, 5.41) is 14.4. The van der Waals surface area contributed by atoms with Crippen LogP contribution in [0, 0.1) is 24.0 Å². The number of nitro benzene ring substituents is 1. The van der Waals surface area contributed by atoms with Gasteiger partial charge in [0.25, 0.3) is 5.69 Å². The molecule has 0 spiro atoms. The molecule has 0 aliphatic carbocycles. The average molecular weight is 329 g/mol. The molecule has 0 radical (unpaired) electrons. The first-order chi connectivity index (χ1) is 8.95. The molecular formula is C13H17BrN2O3. The van der Waals surface area contributed by atoms with E-state index in [2.05, 4.69) is 21.2 Å². The zero-order valence-corrected chi connectivity index (χ0v) is 12.6. The van der Waals surface area contributed by atoms with Crippen molar-refractivity contribution >= 4 is 33.2 Å². The first-order valence-electron chi connectivity index (χ1n) is 6.07. The number of rotatable bonds is 6. The first kappa shape index (κ1) is 15.6. The van der Waals surface area contributed by atoms with E-state index in [1.807, 2.05) is 13.8 Å². The Labute approximate surface area is 120 Å². The minimum atomic E-state index is -0.472. The highest BCUT2D eigenvalue weighted by Gasteiger charge is 2.17. The standard InChI is InChI=1S/C13H17BrN2O3/c1-9-7-11(12(16(18)19)8-10(9)2)15-13(17)5-3-4-6-14/h7-8H,3-6H2,1-2H3,(H,15,17). The highest BCUT2D eigenvalue weighted by Crippen LogP contribution is 2.28. The van der Waals surface area contributed by atoms with Crippen LogP contribution < -0.4 is 5.32 Å². The van der Waals surface area contributed by atoms with Crippen LogP contribution in [0.2, 0.25) is 0 Å². The molecule has 0 heterocycles. The fourth-order valence-electron chi connectivity index (χ4n) is 1.64. The molecule has 0 fully saturated rings. The Kier molecular flexibility index (Phi) is 5.95. The summed E-state index contributed by atoms with van der Waals surface area (Å²) in [6.45, 7) is 3.67. The van der Waals surface area contributed by atoms with Crippen molar-refractivity contribution in [3.63, 3.8) is 0 Å². The van der Waals surface area contributed by atoms with Gasteiger partial charge in [-0.2, -0.15) is 0 Å². The van der Waals surface area contributed by atoms with Crippen molar-refractivity contribution in [2.75, 3.05) is 10.6 Å². The van der Waals surface area contributed by atoms with Crippen LogP contribution in [0.25, 0.3) is 0 Å². The second kappa shape index (κ2) is 7.23. The maximum Gasteiger partial charge on any atom is 0.293 e. The Morgan fingerprint density at radius 3 is 2.53 bits per heavy atom. The molecule has 0 unspecified atom stereocenters. The second-order valence-electron chi connectivity index (χ2n) is 4.40. The van der Waals surface area contributed by atoms with Gasteiger partial charge in [-0.25, -0.2) is 0 Å². The lowest BCUT2D eigenvalue weighted by Crippen LogP contribution is -2.13. The fraction of sp³-hybridized carbons (Fsp3) is 0.462. The number of carbonyl (C=O) groups is 1. The molecule has 0 aliphatic rings. The fourth-order valence-corrected chi connectivity index (χ4v) is 2.04. The number of nitrogens with one attached hydrogen (secondary N) is 1. The van der Waals surface area contributed by atoms with E-state index in [0.29, 0.717) is 6.42 Å². The van der Waals surface area contributed by atoms with Gasteiger partial charge in [0.05, 0.1) is 4.92 Å². The molecule has 1 aromatic carbocycles. The molecule has 5 nitrogen and oxygen atoms in total. The molecular weight excluding hydrogens is 312 g/mol. The highest BCUT2D eigenvalue weighted by atomic mass is 79.9. The van der Waals surface area contributed by atoms with Crippen LogP contribution in [-0.2, 0) is 4.79 Å². The first-order valence-corrected chi connectivity index (χ1v) is 7.19. The molecule has 19 heavy (non-hydrogen) atoms. The summed E-state index contributed by atoms with van der Waals surface area (Å²) in [5.74, 6) is -0.188. The number of unbranched alkanes of at least 4 members (excludes halogenated alkanes) is 1. The maximum absolute atomic E-state index is 11.7. The van der Waals surface area contributed by atoms with Gasteiger partial charge >= 0.3 is 0 Å². The minimum Gasteiger partial charge on any atom is -0.320 e. The van der Waals surface area contributed by atoms with E-state index in [1.54, 1.807) is 6.07 Å². The quantitative estimate of drug-likeness (QED) is 0.374. The SMILES string of the molecule is Cc1cc(NC(=O)CCCCBr)c([N+](=O)[O-])cc1C. The third-order valence-electron chi connectivity index (χ3n) is 2.87. The number of nitro groups is 1. The zero-order chi connectivity index (χ0) is 14.4. The largest absolute Gasteiger partial charge is 0.320 e. The molecule has 0 saturated carbocycles.